The second-order valence-electron chi connectivity index (χ2n) is 3.80. The summed E-state index contributed by atoms with van der Waals surface area (Å²) in [7, 11) is 1.76. The zero-order valence-corrected chi connectivity index (χ0v) is 11.5. The third kappa shape index (κ3) is 3.08. The lowest BCUT2D eigenvalue weighted by Gasteiger charge is -2.05. The summed E-state index contributed by atoms with van der Waals surface area (Å²) in [6.45, 7) is 0. The standard InChI is InChI=1S/C12H10ClFN2O2S/c1-16-10(13)5-15-11(16)6-19-9-4-7(12(17)18)2-3-8(9)14/h2-5H,6H2,1H3,(H,17,18). The summed E-state index contributed by atoms with van der Waals surface area (Å²) in [6, 6.07) is 3.70. The Kier molecular flexibility index (Phi) is 4.11. The van der Waals surface area contributed by atoms with E-state index < -0.39 is 11.8 Å². The van der Waals surface area contributed by atoms with Crippen LogP contribution < -0.4 is 0 Å². The minimum atomic E-state index is -1.08. The van der Waals surface area contributed by atoms with Crippen molar-refractivity contribution in [3.05, 3.63) is 46.8 Å². The zero-order valence-electron chi connectivity index (χ0n) is 9.93. The number of aromatic nitrogens is 2. The highest BCUT2D eigenvalue weighted by atomic mass is 35.5. The summed E-state index contributed by atoms with van der Waals surface area (Å²) in [6.07, 6.45) is 1.52. The van der Waals surface area contributed by atoms with Crippen LogP contribution >= 0.6 is 23.4 Å². The molecule has 0 aliphatic heterocycles. The second-order valence-corrected chi connectivity index (χ2v) is 5.20. The Hall–Kier alpha value is -1.53. The summed E-state index contributed by atoms with van der Waals surface area (Å²) < 4.78 is 15.3. The normalized spacial score (nSPS) is 10.7. The van der Waals surface area contributed by atoms with E-state index >= 15 is 0 Å². The number of benzene rings is 1. The Morgan fingerprint density at radius 1 is 1.58 bits per heavy atom. The van der Waals surface area contributed by atoms with E-state index in [4.69, 9.17) is 16.7 Å². The largest absolute Gasteiger partial charge is 0.478 e. The van der Waals surface area contributed by atoms with E-state index in [0.717, 1.165) is 6.07 Å². The van der Waals surface area contributed by atoms with Crippen LogP contribution in [0.4, 0.5) is 4.39 Å². The average molecular weight is 301 g/mol. The minimum Gasteiger partial charge on any atom is -0.478 e. The van der Waals surface area contributed by atoms with Crippen LogP contribution in [-0.4, -0.2) is 20.6 Å². The molecule has 7 heteroatoms. The Labute approximate surface area is 118 Å². The maximum absolute atomic E-state index is 13.6. The Balaban J connectivity index is 2.17. The van der Waals surface area contributed by atoms with Gasteiger partial charge >= 0.3 is 5.97 Å². The third-order valence-corrected chi connectivity index (χ3v) is 3.94. The van der Waals surface area contributed by atoms with Crippen LogP contribution in [0.2, 0.25) is 5.15 Å². The fraction of sp³-hybridized carbons (Fsp3) is 0.167. The molecule has 0 unspecified atom stereocenters. The van der Waals surface area contributed by atoms with Crippen LogP contribution in [0.5, 0.6) is 0 Å². The summed E-state index contributed by atoms with van der Waals surface area (Å²) in [5.74, 6) is -0.434. The van der Waals surface area contributed by atoms with Gasteiger partial charge in [0.15, 0.2) is 0 Å². The van der Waals surface area contributed by atoms with Crippen LogP contribution in [-0.2, 0) is 12.8 Å². The Morgan fingerprint density at radius 2 is 2.32 bits per heavy atom. The number of nitrogens with zero attached hydrogens (tertiary/aromatic N) is 2. The van der Waals surface area contributed by atoms with Crippen molar-refractivity contribution in [3.63, 3.8) is 0 Å². The van der Waals surface area contributed by atoms with Crippen LogP contribution in [0.25, 0.3) is 0 Å². The van der Waals surface area contributed by atoms with Gasteiger partial charge in [-0.15, -0.1) is 11.8 Å². The number of carbonyl (C=O) groups is 1. The molecule has 1 aromatic carbocycles. The molecule has 0 atom stereocenters. The predicted molar refractivity (Wildman–Crippen MR) is 71.1 cm³/mol. The molecule has 0 spiro atoms. The molecule has 0 aliphatic carbocycles. The molecule has 0 radical (unpaired) electrons. The molecule has 1 aromatic heterocycles. The van der Waals surface area contributed by atoms with Gasteiger partial charge in [-0.25, -0.2) is 14.2 Å². The SMILES string of the molecule is Cn1c(Cl)cnc1CSc1cc(C(=O)O)ccc1F. The highest BCUT2D eigenvalue weighted by molar-refractivity contribution is 7.98. The van der Waals surface area contributed by atoms with Gasteiger partial charge in [0.05, 0.1) is 17.5 Å². The number of rotatable bonds is 4. The molecule has 0 aliphatic rings. The second kappa shape index (κ2) is 5.63. The fourth-order valence-corrected chi connectivity index (χ4v) is 2.56. The maximum Gasteiger partial charge on any atom is 0.335 e. The van der Waals surface area contributed by atoms with Gasteiger partial charge in [-0.05, 0) is 18.2 Å². The fourth-order valence-electron chi connectivity index (χ4n) is 1.45. The summed E-state index contributed by atoms with van der Waals surface area (Å²) in [4.78, 5) is 15.2. The molecule has 0 saturated heterocycles. The lowest BCUT2D eigenvalue weighted by atomic mass is 10.2. The number of imidazole rings is 1. The highest BCUT2D eigenvalue weighted by Gasteiger charge is 2.11. The van der Waals surface area contributed by atoms with Crippen LogP contribution in [0.15, 0.2) is 29.3 Å². The molecular formula is C12H10ClFN2O2S. The lowest BCUT2D eigenvalue weighted by Crippen LogP contribution is -1.99. The van der Waals surface area contributed by atoms with E-state index in [9.17, 15) is 9.18 Å². The van der Waals surface area contributed by atoms with Crippen LogP contribution in [0.1, 0.15) is 16.2 Å². The van der Waals surface area contributed by atoms with Crippen LogP contribution in [0, 0.1) is 5.82 Å². The molecule has 1 N–H and O–H groups in total. The summed E-state index contributed by atoms with van der Waals surface area (Å²) in [5, 5.41) is 9.36. The Bertz CT molecular complexity index is 630. The summed E-state index contributed by atoms with van der Waals surface area (Å²) in [5.41, 5.74) is 0.0572. The molecule has 0 saturated carbocycles. The van der Waals surface area contributed by atoms with Gasteiger partial charge < -0.3 is 9.67 Å². The Morgan fingerprint density at radius 3 is 2.89 bits per heavy atom. The highest BCUT2D eigenvalue weighted by Crippen LogP contribution is 2.26. The van der Waals surface area contributed by atoms with Crippen LogP contribution in [0.3, 0.4) is 0 Å². The number of aromatic carboxylic acids is 1. The van der Waals surface area contributed by atoms with E-state index in [1.165, 1.54) is 30.1 Å². The number of hydrogen-bond acceptors (Lipinski definition) is 3. The first kappa shape index (κ1) is 13.9. The molecule has 0 fully saturated rings. The average Bonchev–Trinajstić information content (AvgIpc) is 2.69. The van der Waals surface area contributed by atoms with Gasteiger partial charge in [-0.3, -0.25) is 0 Å². The first-order valence-corrected chi connectivity index (χ1v) is 6.67. The molecule has 0 bridgehead atoms. The number of carboxylic acid groups (broad SMARTS) is 1. The molecule has 100 valence electrons. The number of carboxylic acids is 1. The number of thioether (sulfide) groups is 1. The van der Waals surface area contributed by atoms with Gasteiger partial charge in [0, 0.05) is 11.9 Å². The number of hydrogen-bond donors (Lipinski definition) is 1. The van der Waals surface area contributed by atoms with E-state index in [-0.39, 0.29) is 10.5 Å². The van der Waals surface area contributed by atoms with Crippen molar-refractivity contribution in [1.29, 1.82) is 0 Å². The van der Waals surface area contributed by atoms with E-state index in [2.05, 4.69) is 4.98 Å². The van der Waals surface area contributed by atoms with E-state index in [1.807, 2.05) is 0 Å². The molecule has 2 rings (SSSR count). The summed E-state index contributed by atoms with van der Waals surface area (Å²) >= 11 is 7.03. The van der Waals surface area contributed by atoms with Crippen molar-refractivity contribution >= 4 is 29.3 Å². The van der Waals surface area contributed by atoms with Crippen molar-refractivity contribution in [2.75, 3.05) is 0 Å². The first-order chi connectivity index (χ1) is 8.99. The molecular weight excluding hydrogens is 291 g/mol. The molecule has 1 heterocycles. The van der Waals surface area contributed by atoms with Crippen molar-refractivity contribution in [2.24, 2.45) is 7.05 Å². The van der Waals surface area contributed by atoms with Crippen molar-refractivity contribution in [1.82, 2.24) is 9.55 Å². The first-order valence-electron chi connectivity index (χ1n) is 5.30. The molecule has 4 nitrogen and oxygen atoms in total. The van der Waals surface area contributed by atoms with Gasteiger partial charge in [0.25, 0.3) is 0 Å². The van der Waals surface area contributed by atoms with E-state index in [1.54, 1.807) is 11.6 Å². The van der Waals surface area contributed by atoms with Gasteiger partial charge in [0.2, 0.25) is 0 Å². The zero-order chi connectivity index (χ0) is 14.0. The predicted octanol–water partition coefficient (Wildman–Crippen LogP) is 3.20. The van der Waals surface area contributed by atoms with Crippen molar-refractivity contribution in [2.45, 2.75) is 10.6 Å². The van der Waals surface area contributed by atoms with Gasteiger partial charge in [-0.1, -0.05) is 11.6 Å². The topological polar surface area (TPSA) is 55.1 Å². The lowest BCUT2D eigenvalue weighted by molar-refractivity contribution is 0.0696. The van der Waals surface area contributed by atoms with Gasteiger partial charge in [-0.2, -0.15) is 0 Å². The van der Waals surface area contributed by atoms with Crippen molar-refractivity contribution in [3.8, 4) is 0 Å². The van der Waals surface area contributed by atoms with E-state index in [0.29, 0.717) is 16.7 Å². The molecule has 2 aromatic rings. The minimum absolute atomic E-state index is 0.0572. The monoisotopic (exact) mass is 300 g/mol. The number of halogens is 2. The van der Waals surface area contributed by atoms with Crippen molar-refractivity contribution < 1.29 is 14.3 Å². The quantitative estimate of drug-likeness (QED) is 0.881. The molecule has 19 heavy (non-hydrogen) atoms. The van der Waals surface area contributed by atoms with Gasteiger partial charge in [0.1, 0.15) is 16.8 Å². The maximum atomic E-state index is 13.6. The smallest absolute Gasteiger partial charge is 0.335 e. The third-order valence-electron chi connectivity index (χ3n) is 2.56. The molecule has 0 amide bonds.